The van der Waals surface area contributed by atoms with Gasteiger partial charge in [-0.25, -0.2) is 17.8 Å². The number of carbonyl (C=O) groups excluding carboxylic acids is 1. The first-order valence-electron chi connectivity index (χ1n) is 9.31. The smallest absolute Gasteiger partial charge is 0.257 e. The molecule has 1 heterocycles. The lowest BCUT2D eigenvalue weighted by Gasteiger charge is -2.17. The Morgan fingerprint density at radius 3 is 2.48 bits per heavy atom. The van der Waals surface area contributed by atoms with E-state index >= 15 is 0 Å². The number of aromatic nitrogens is 1. The SMILES string of the molecule is CN(Cc1ccccc1)S(=O)(=O)c1ccc(C(=O)Nc2nc3ccc(F)cc3s2)cc1. The molecule has 6 nitrogen and oxygen atoms in total. The van der Waals surface area contributed by atoms with Gasteiger partial charge >= 0.3 is 0 Å². The molecule has 0 fully saturated rings. The van der Waals surface area contributed by atoms with Crippen molar-refractivity contribution in [1.29, 1.82) is 0 Å². The van der Waals surface area contributed by atoms with Crippen molar-refractivity contribution in [3.05, 3.63) is 89.7 Å². The van der Waals surface area contributed by atoms with Crippen LogP contribution in [0.2, 0.25) is 0 Å². The first kappa shape index (κ1) is 21.1. The first-order chi connectivity index (χ1) is 14.8. The lowest BCUT2D eigenvalue weighted by atomic mass is 10.2. The maximum Gasteiger partial charge on any atom is 0.257 e. The molecule has 0 bridgehead atoms. The monoisotopic (exact) mass is 455 g/mol. The number of thiazole rings is 1. The Kier molecular flexibility index (Phi) is 5.81. The number of rotatable bonds is 6. The van der Waals surface area contributed by atoms with Crippen LogP contribution in [-0.2, 0) is 16.6 Å². The van der Waals surface area contributed by atoms with Crippen molar-refractivity contribution in [2.45, 2.75) is 11.4 Å². The fourth-order valence-electron chi connectivity index (χ4n) is 3.00. The predicted molar refractivity (Wildman–Crippen MR) is 119 cm³/mol. The van der Waals surface area contributed by atoms with Crippen molar-refractivity contribution in [2.24, 2.45) is 0 Å². The summed E-state index contributed by atoms with van der Waals surface area (Å²) in [5.74, 6) is -0.802. The van der Waals surface area contributed by atoms with E-state index in [9.17, 15) is 17.6 Å². The largest absolute Gasteiger partial charge is 0.298 e. The molecule has 4 rings (SSSR count). The average Bonchev–Trinajstić information content (AvgIpc) is 3.15. The minimum absolute atomic E-state index is 0.0953. The molecule has 158 valence electrons. The fraction of sp³-hybridized carbons (Fsp3) is 0.0909. The van der Waals surface area contributed by atoms with E-state index in [1.165, 1.54) is 47.8 Å². The summed E-state index contributed by atoms with van der Waals surface area (Å²) in [7, 11) is -2.19. The second-order valence-electron chi connectivity index (χ2n) is 6.86. The zero-order chi connectivity index (χ0) is 22.0. The minimum atomic E-state index is -3.70. The Hall–Kier alpha value is -3.14. The van der Waals surface area contributed by atoms with Crippen LogP contribution in [-0.4, -0.2) is 30.7 Å². The van der Waals surface area contributed by atoms with E-state index in [0.717, 1.165) is 16.9 Å². The highest BCUT2D eigenvalue weighted by Gasteiger charge is 2.21. The first-order valence-corrected chi connectivity index (χ1v) is 11.6. The number of amides is 1. The van der Waals surface area contributed by atoms with E-state index in [0.29, 0.717) is 15.3 Å². The molecular weight excluding hydrogens is 437 g/mol. The van der Waals surface area contributed by atoms with Crippen LogP contribution >= 0.6 is 11.3 Å². The van der Waals surface area contributed by atoms with Crippen LogP contribution < -0.4 is 5.32 Å². The summed E-state index contributed by atoms with van der Waals surface area (Å²) >= 11 is 1.16. The summed E-state index contributed by atoms with van der Waals surface area (Å²) in [6.45, 7) is 0.240. The summed E-state index contributed by atoms with van der Waals surface area (Å²) in [4.78, 5) is 16.9. The molecule has 0 aliphatic heterocycles. The maximum absolute atomic E-state index is 13.3. The highest BCUT2D eigenvalue weighted by molar-refractivity contribution is 7.89. The van der Waals surface area contributed by atoms with Gasteiger partial charge in [-0.1, -0.05) is 41.7 Å². The van der Waals surface area contributed by atoms with E-state index in [2.05, 4.69) is 10.3 Å². The molecule has 1 N–H and O–H groups in total. The molecule has 4 aromatic rings. The van der Waals surface area contributed by atoms with Gasteiger partial charge in [0.1, 0.15) is 5.82 Å². The zero-order valence-corrected chi connectivity index (χ0v) is 18.1. The number of carbonyl (C=O) groups is 1. The van der Waals surface area contributed by atoms with E-state index in [4.69, 9.17) is 0 Å². The van der Waals surface area contributed by atoms with Gasteiger partial charge in [0.15, 0.2) is 5.13 Å². The summed E-state index contributed by atoms with van der Waals surface area (Å²) in [6.07, 6.45) is 0. The van der Waals surface area contributed by atoms with Crippen molar-refractivity contribution in [3.8, 4) is 0 Å². The number of halogens is 1. The van der Waals surface area contributed by atoms with Crippen LogP contribution in [0.3, 0.4) is 0 Å². The molecule has 0 aliphatic carbocycles. The van der Waals surface area contributed by atoms with Gasteiger partial charge in [-0.05, 0) is 48.0 Å². The van der Waals surface area contributed by atoms with Crippen LogP contribution in [0.5, 0.6) is 0 Å². The molecule has 3 aromatic carbocycles. The third-order valence-corrected chi connectivity index (χ3v) is 7.39. The highest BCUT2D eigenvalue weighted by atomic mass is 32.2. The highest BCUT2D eigenvalue weighted by Crippen LogP contribution is 2.27. The van der Waals surface area contributed by atoms with Gasteiger partial charge in [-0.3, -0.25) is 10.1 Å². The molecule has 31 heavy (non-hydrogen) atoms. The molecule has 1 aromatic heterocycles. The van der Waals surface area contributed by atoms with Gasteiger partial charge in [0.05, 0.1) is 15.1 Å². The Morgan fingerprint density at radius 1 is 1.06 bits per heavy atom. The van der Waals surface area contributed by atoms with Gasteiger partial charge in [0.25, 0.3) is 5.91 Å². The third kappa shape index (κ3) is 4.63. The lowest BCUT2D eigenvalue weighted by molar-refractivity contribution is 0.102. The Morgan fingerprint density at radius 2 is 1.77 bits per heavy atom. The van der Waals surface area contributed by atoms with Crippen molar-refractivity contribution in [1.82, 2.24) is 9.29 Å². The van der Waals surface area contributed by atoms with Crippen LogP contribution in [0.25, 0.3) is 10.2 Å². The van der Waals surface area contributed by atoms with Gasteiger partial charge in [0.2, 0.25) is 10.0 Å². The zero-order valence-electron chi connectivity index (χ0n) is 16.4. The van der Waals surface area contributed by atoms with E-state index in [1.807, 2.05) is 30.3 Å². The molecule has 0 radical (unpaired) electrons. The molecule has 0 saturated carbocycles. The molecule has 1 amide bonds. The fourth-order valence-corrected chi connectivity index (χ4v) is 5.05. The third-order valence-electron chi connectivity index (χ3n) is 4.64. The normalized spacial score (nSPS) is 11.7. The number of anilines is 1. The average molecular weight is 456 g/mol. The van der Waals surface area contributed by atoms with E-state index < -0.39 is 15.9 Å². The summed E-state index contributed by atoms with van der Waals surface area (Å²) in [6, 6.07) is 19.2. The summed E-state index contributed by atoms with van der Waals surface area (Å²) in [5, 5.41) is 3.00. The standard InChI is InChI=1S/C22H18FN3O3S2/c1-26(14-15-5-3-2-4-6-15)31(28,29)18-10-7-16(8-11-18)21(27)25-22-24-19-12-9-17(23)13-20(19)30-22/h2-13H,14H2,1H3,(H,24,25,27). The van der Waals surface area contributed by atoms with Crippen LogP contribution in [0.4, 0.5) is 9.52 Å². The Labute approximate surface area is 183 Å². The van der Waals surface area contributed by atoms with Crippen LogP contribution in [0.1, 0.15) is 15.9 Å². The number of sulfonamides is 1. The maximum atomic E-state index is 13.3. The second-order valence-corrected chi connectivity index (χ2v) is 9.93. The molecule has 0 spiro atoms. The van der Waals surface area contributed by atoms with Crippen LogP contribution in [0, 0.1) is 5.82 Å². The quantitative estimate of drug-likeness (QED) is 0.464. The lowest BCUT2D eigenvalue weighted by Crippen LogP contribution is -2.26. The number of fused-ring (bicyclic) bond motifs is 1. The number of benzene rings is 3. The van der Waals surface area contributed by atoms with Crippen LogP contribution in [0.15, 0.2) is 77.7 Å². The molecule has 0 atom stereocenters. The number of nitrogens with zero attached hydrogens (tertiary/aromatic N) is 2. The van der Waals surface area contributed by atoms with Crippen molar-refractivity contribution < 1.29 is 17.6 Å². The van der Waals surface area contributed by atoms with Crippen molar-refractivity contribution in [2.75, 3.05) is 12.4 Å². The molecule has 0 aliphatic rings. The van der Waals surface area contributed by atoms with Gasteiger partial charge < -0.3 is 0 Å². The predicted octanol–water partition coefficient (Wildman–Crippen LogP) is 4.51. The summed E-state index contributed by atoms with van der Waals surface area (Å²) < 4.78 is 40.9. The van der Waals surface area contributed by atoms with Gasteiger partial charge in [-0.15, -0.1) is 0 Å². The van der Waals surface area contributed by atoms with Gasteiger partial charge in [-0.2, -0.15) is 4.31 Å². The number of nitrogens with one attached hydrogen (secondary N) is 1. The minimum Gasteiger partial charge on any atom is -0.298 e. The molecular formula is C22H18FN3O3S2. The summed E-state index contributed by atoms with van der Waals surface area (Å²) in [5.41, 5.74) is 1.75. The molecule has 9 heteroatoms. The van der Waals surface area contributed by atoms with Gasteiger partial charge in [0, 0.05) is 19.2 Å². The second kappa shape index (κ2) is 8.54. The Balaban J connectivity index is 1.48. The Bertz CT molecular complexity index is 1340. The number of hydrogen-bond acceptors (Lipinski definition) is 5. The van der Waals surface area contributed by atoms with Crippen molar-refractivity contribution in [3.63, 3.8) is 0 Å². The topological polar surface area (TPSA) is 79.4 Å². The van der Waals surface area contributed by atoms with E-state index in [1.54, 1.807) is 6.07 Å². The van der Waals surface area contributed by atoms with Crippen molar-refractivity contribution >= 4 is 42.6 Å². The molecule has 0 saturated heterocycles. The molecule has 0 unspecified atom stereocenters. The van der Waals surface area contributed by atoms with E-state index in [-0.39, 0.29) is 22.8 Å². The number of hydrogen-bond donors (Lipinski definition) is 1.